The Morgan fingerprint density at radius 1 is 0.795 bits per heavy atom. The van der Waals surface area contributed by atoms with Crippen molar-refractivity contribution in [2.75, 3.05) is 0 Å². The van der Waals surface area contributed by atoms with Gasteiger partial charge in [-0.1, -0.05) is 165 Å². The smallest absolute Gasteiger partial charge is 0.156 e. The molecule has 0 aromatic heterocycles. The number of aliphatic imine (C=N–C) groups is 2. The summed E-state index contributed by atoms with van der Waals surface area (Å²) < 4.78 is 0. The van der Waals surface area contributed by atoms with Gasteiger partial charge in [0.15, 0.2) is 5.84 Å². The SMILES string of the molecule is C=C(/C=C\C(=C/C)c1ccccc1)C(=NCc1ccc(-c2ccccc2)cc1)N=C(N)c1ccc(C2(C)C=CC=CC2)cc1. The molecule has 0 amide bonds. The van der Waals surface area contributed by atoms with E-state index in [2.05, 4.69) is 123 Å². The molecule has 0 fully saturated rings. The Hall–Kier alpha value is -5.28. The summed E-state index contributed by atoms with van der Waals surface area (Å²) in [5.74, 6) is 0.911. The van der Waals surface area contributed by atoms with Gasteiger partial charge >= 0.3 is 0 Å². The summed E-state index contributed by atoms with van der Waals surface area (Å²) in [6, 6.07) is 37.5. The zero-order valence-corrected chi connectivity index (χ0v) is 25.5. The zero-order valence-electron chi connectivity index (χ0n) is 25.5. The Labute approximate surface area is 261 Å². The lowest BCUT2D eigenvalue weighted by Crippen LogP contribution is -2.20. The number of nitrogens with two attached hydrogens (primary N) is 1. The van der Waals surface area contributed by atoms with Crippen LogP contribution >= 0.6 is 0 Å². The van der Waals surface area contributed by atoms with Crippen LogP contribution < -0.4 is 5.73 Å². The number of amidine groups is 2. The summed E-state index contributed by atoms with van der Waals surface area (Å²) >= 11 is 0. The lowest BCUT2D eigenvalue weighted by molar-refractivity contribution is 0.600. The van der Waals surface area contributed by atoms with Crippen molar-refractivity contribution in [3.63, 3.8) is 0 Å². The van der Waals surface area contributed by atoms with Gasteiger partial charge in [0.05, 0.1) is 6.54 Å². The van der Waals surface area contributed by atoms with Crippen LogP contribution in [-0.2, 0) is 12.0 Å². The average molecular weight is 574 g/mol. The molecule has 218 valence electrons. The first-order chi connectivity index (χ1) is 21.4. The largest absolute Gasteiger partial charge is 0.383 e. The Kier molecular flexibility index (Phi) is 9.78. The Morgan fingerprint density at radius 2 is 1.45 bits per heavy atom. The maximum Gasteiger partial charge on any atom is 0.156 e. The van der Waals surface area contributed by atoms with Gasteiger partial charge in [0, 0.05) is 16.6 Å². The molecule has 1 aliphatic carbocycles. The van der Waals surface area contributed by atoms with Crippen LogP contribution in [0, 0.1) is 0 Å². The zero-order chi connectivity index (χ0) is 30.8. The molecule has 0 saturated heterocycles. The standard InChI is InChI=1S/C41H39N3/c1-4-33(34-14-8-5-9-15-34)21-18-31(2)40(43-30-32-19-22-36(23-20-32)35-16-10-6-11-17-35)44-39(42)37-24-26-38(27-25-37)41(3)28-12-7-13-29-41/h4-28H,2,29-30H2,1,3H3,(H2,42,43,44)/b21-18-,33-4+. The maximum absolute atomic E-state index is 6.59. The van der Waals surface area contributed by atoms with E-state index in [1.54, 1.807) is 0 Å². The molecule has 0 spiro atoms. The van der Waals surface area contributed by atoms with Gasteiger partial charge in [-0.15, -0.1) is 0 Å². The van der Waals surface area contributed by atoms with E-state index in [9.17, 15) is 0 Å². The number of hydrogen-bond acceptors (Lipinski definition) is 1. The van der Waals surface area contributed by atoms with E-state index >= 15 is 0 Å². The molecule has 0 radical (unpaired) electrons. The highest BCUT2D eigenvalue weighted by atomic mass is 15.0. The second kappa shape index (κ2) is 14.3. The number of benzene rings is 4. The molecule has 4 aromatic carbocycles. The molecule has 44 heavy (non-hydrogen) atoms. The fourth-order valence-electron chi connectivity index (χ4n) is 5.20. The molecule has 1 unspecified atom stereocenters. The monoisotopic (exact) mass is 573 g/mol. The molecule has 1 aliphatic rings. The van der Waals surface area contributed by atoms with E-state index in [-0.39, 0.29) is 5.41 Å². The van der Waals surface area contributed by atoms with Gasteiger partial charge in [-0.25, -0.2) is 4.99 Å². The summed E-state index contributed by atoms with van der Waals surface area (Å²) in [5.41, 5.74) is 15.0. The molecule has 0 saturated carbocycles. The Balaban J connectivity index is 1.41. The normalized spacial score (nSPS) is 17.3. The minimum absolute atomic E-state index is 0.0236. The molecule has 3 nitrogen and oxygen atoms in total. The van der Waals surface area contributed by atoms with Crippen molar-refractivity contribution in [1.82, 2.24) is 0 Å². The molecular formula is C41H39N3. The molecule has 4 aromatic rings. The first kappa shape index (κ1) is 30.2. The lowest BCUT2D eigenvalue weighted by atomic mass is 9.77. The third-order valence-electron chi connectivity index (χ3n) is 7.96. The number of nitrogens with zero attached hydrogens (tertiary/aromatic N) is 2. The fraction of sp³-hybridized carbons (Fsp3) is 0.122. The van der Waals surface area contributed by atoms with Crippen LogP contribution in [0.5, 0.6) is 0 Å². The van der Waals surface area contributed by atoms with E-state index < -0.39 is 0 Å². The van der Waals surface area contributed by atoms with Crippen molar-refractivity contribution in [2.24, 2.45) is 15.7 Å². The second-order valence-corrected chi connectivity index (χ2v) is 11.2. The maximum atomic E-state index is 6.59. The number of hydrogen-bond donors (Lipinski definition) is 1. The Morgan fingerprint density at radius 3 is 2.09 bits per heavy atom. The predicted octanol–water partition coefficient (Wildman–Crippen LogP) is 9.65. The molecule has 5 rings (SSSR count). The van der Waals surface area contributed by atoms with Gasteiger partial charge in [-0.2, -0.15) is 0 Å². The fourth-order valence-corrected chi connectivity index (χ4v) is 5.20. The molecule has 0 aliphatic heterocycles. The van der Waals surface area contributed by atoms with Crippen molar-refractivity contribution in [3.05, 3.63) is 186 Å². The van der Waals surface area contributed by atoms with Crippen molar-refractivity contribution < 1.29 is 0 Å². The van der Waals surface area contributed by atoms with Crippen LogP contribution in [0.25, 0.3) is 16.7 Å². The number of allylic oxidation sites excluding steroid dienone is 7. The van der Waals surface area contributed by atoms with Crippen LogP contribution in [0.15, 0.2) is 174 Å². The van der Waals surface area contributed by atoms with Gasteiger partial charge in [0.1, 0.15) is 5.84 Å². The van der Waals surface area contributed by atoms with Crippen LogP contribution in [0.4, 0.5) is 0 Å². The van der Waals surface area contributed by atoms with E-state index in [1.807, 2.05) is 49.4 Å². The highest BCUT2D eigenvalue weighted by molar-refractivity contribution is 6.11. The van der Waals surface area contributed by atoms with Gasteiger partial charge in [0.25, 0.3) is 0 Å². The molecule has 3 heteroatoms. The van der Waals surface area contributed by atoms with Crippen molar-refractivity contribution in [2.45, 2.75) is 32.2 Å². The van der Waals surface area contributed by atoms with Crippen LogP contribution in [0.2, 0.25) is 0 Å². The predicted molar refractivity (Wildman–Crippen MR) is 189 cm³/mol. The topological polar surface area (TPSA) is 50.7 Å². The van der Waals surface area contributed by atoms with Crippen molar-refractivity contribution >= 4 is 17.2 Å². The molecule has 2 N–H and O–H groups in total. The van der Waals surface area contributed by atoms with Crippen LogP contribution in [0.1, 0.15) is 42.5 Å². The summed E-state index contributed by atoms with van der Waals surface area (Å²) in [4.78, 5) is 9.71. The first-order valence-electron chi connectivity index (χ1n) is 15.0. The summed E-state index contributed by atoms with van der Waals surface area (Å²) in [6.07, 6.45) is 15.7. The van der Waals surface area contributed by atoms with E-state index in [1.165, 1.54) is 16.7 Å². The quantitative estimate of drug-likeness (QED) is 0.121. The van der Waals surface area contributed by atoms with Crippen molar-refractivity contribution in [3.8, 4) is 11.1 Å². The molecule has 0 heterocycles. The van der Waals surface area contributed by atoms with E-state index in [4.69, 9.17) is 15.7 Å². The summed E-state index contributed by atoms with van der Waals surface area (Å²) in [5, 5.41) is 0. The summed E-state index contributed by atoms with van der Waals surface area (Å²) in [6.45, 7) is 9.07. The van der Waals surface area contributed by atoms with E-state index in [0.717, 1.165) is 28.7 Å². The van der Waals surface area contributed by atoms with Gasteiger partial charge in [0.2, 0.25) is 0 Å². The summed E-state index contributed by atoms with van der Waals surface area (Å²) in [7, 11) is 0. The number of rotatable bonds is 9. The lowest BCUT2D eigenvalue weighted by Gasteiger charge is -2.27. The highest BCUT2D eigenvalue weighted by Gasteiger charge is 2.23. The molecule has 1 atom stereocenters. The average Bonchev–Trinajstić information content (AvgIpc) is 3.08. The minimum Gasteiger partial charge on any atom is -0.383 e. The second-order valence-electron chi connectivity index (χ2n) is 11.2. The van der Waals surface area contributed by atoms with Crippen LogP contribution in [0.3, 0.4) is 0 Å². The third-order valence-corrected chi connectivity index (χ3v) is 7.96. The Bertz CT molecular complexity index is 1750. The minimum atomic E-state index is -0.0236. The highest BCUT2D eigenvalue weighted by Crippen LogP contribution is 2.32. The van der Waals surface area contributed by atoms with Gasteiger partial charge in [-0.3, -0.25) is 4.99 Å². The molecular weight excluding hydrogens is 534 g/mol. The van der Waals surface area contributed by atoms with Crippen molar-refractivity contribution in [1.29, 1.82) is 0 Å². The first-order valence-corrected chi connectivity index (χ1v) is 15.0. The molecule has 0 bridgehead atoms. The van der Waals surface area contributed by atoms with Gasteiger partial charge < -0.3 is 5.73 Å². The van der Waals surface area contributed by atoms with Crippen LogP contribution in [-0.4, -0.2) is 11.7 Å². The van der Waals surface area contributed by atoms with E-state index in [0.29, 0.717) is 23.8 Å². The third kappa shape index (κ3) is 7.56. The van der Waals surface area contributed by atoms with Gasteiger partial charge in [-0.05, 0) is 46.7 Å².